The van der Waals surface area contributed by atoms with Crippen LogP contribution in [-0.4, -0.2) is 13.7 Å². The van der Waals surface area contributed by atoms with Crippen molar-refractivity contribution in [2.75, 3.05) is 13.7 Å². The second kappa shape index (κ2) is 7.27. The first kappa shape index (κ1) is 14.8. The molecule has 0 fully saturated rings. The fourth-order valence-corrected chi connectivity index (χ4v) is 2.25. The minimum Gasteiger partial charge on any atom is -0.496 e. The fraction of sp³-hybridized carbons (Fsp3) is 0.250. The molecule has 0 aromatic heterocycles. The minimum atomic E-state index is -0.312. The van der Waals surface area contributed by atoms with Gasteiger partial charge in [-0.1, -0.05) is 35.9 Å². The molecule has 106 valence electrons. The van der Waals surface area contributed by atoms with Crippen LogP contribution in [0.15, 0.2) is 42.5 Å². The highest BCUT2D eigenvalue weighted by Crippen LogP contribution is 2.18. The van der Waals surface area contributed by atoms with Gasteiger partial charge in [-0.2, -0.15) is 0 Å². The van der Waals surface area contributed by atoms with Crippen molar-refractivity contribution in [3.63, 3.8) is 0 Å². The van der Waals surface area contributed by atoms with Crippen LogP contribution in [-0.2, 0) is 13.0 Å². The number of nitrogens with one attached hydrogen (secondary N) is 1. The van der Waals surface area contributed by atoms with Crippen LogP contribution < -0.4 is 10.1 Å². The van der Waals surface area contributed by atoms with Gasteiger partial charge in [0, 0.05) is 11.6 Å². The van der Waals surface area contributed by atoms with Gasteiger partial charge in [0.1, 0.15) is 11.6 Å². The predicted molar refractivity (Wildman–Crippen MR) is 79.8 cm³/mol. The average molecular weight is 294 g/mol. The van der Waals surface area contributed by atoms with Gasteiger partial charge in [0.2, 0.25) is 0 Å². The third-order valence-corrected chi connectivity index (χ3v) is 3.45. The van der Waals surface area contributed by atoms with Gasteiger partial charge in [-0.3, -0.25) is 0 Å². The topological polar surface area (TPSA) is 21.3 Å². The molecular weight excluding hydrogens is 277 g/mol. The maximum atomic E-state index is 12.9. The zero-order valence-electron chi connectivity index (χ0n) is 11.3. The molecule has 0 aliphatic rings. The number of rotatable bonds is 6. The van der Waals surface area contributed by atoms with Crippen molar-refractivity contribution in [3.8, 4) is 5.75 Å². The SMILES string of the molecule is COc1ccccc1CCNCc1ccc(F)cc1Cl. The lowest BCUT2D eigenvalue weighted by molar-refractivity contribution is 0.409. The Balaban J connectivity index is 1.84. The van der Waals surface area contributed by atoms with Crippen LogP contribution >= 0.6 is 11.6 Å². The first-order valence-electron chi connectivity index (χ1n) is 6.47. The zero-order valence-corrected chi connectivity index (χ0v) is 12.1. The molecule has 2 nitrogen and oxygen atoms in total. The Bertz CT molecular complexity index is 574. The highest BCUT2D eigenvalue weighted by molar-refractivity contribution is 6.31. The normalized spacial score (nSPS) is 10.6. The van der Waals surface area contributed by atoms with Gasteiger partial charge in [-0.05, 0) is 42.3 Å². The van der Waals surface area contributed by atoms with Crippen LogP contribution in [0, 0.1) is 5.82 Å². The lowest BCUT2D eigenvalue weighted by atomic mass is 10.1. The van der Waals surface area contributed by atoms with Crippen LogP contribution in [0.2, 0.25) is 5.02 Å². The van der Waals surface area contributed by atoms with E-state index in [1.165, 1.54) is 12.1 Å². The number of halogens is 2. The maximum Gasteiger partial charge on any atom is 0.124 e. The van der Waals surface area contributed by atoms with Gasteiger partial charge in [0.05, 0.1) is 7.11 Å². The lowest BCUT2D eigenvalue weighted by Gasteiger charge is -2.09. The molecule has 2 aromatic carbocycles. The number of hydrogen-bond donors (Lipinski definition) is 1. The van der Waals surface area contributed by atoms with E-state index < -0.39 is 0 Å². The summed E-state index contributed by atoms with van der Waals surface area (Å²) in [5.74, 6) is 0.585. The molecule has 0 unspecified atom stereocenters. The van der Waals surface area contributed by atoms with Crippen molar-refractivity contribution in [1.29, 1.82) is 0 Å². The molecule has 0 bridgehead atoms. The van der Waals surface area contributed by atoms with Crippen LogP contribution in [0.1, 0.15) is 11.1 Å². The second-order valence-electron chi connectivity index (χ2n) is 4.47. The Morgan fingerprint density at radius 2 is 1.95 bits per heavy atom. The molecule has 2 aromatic rings. The van der Waals surface area contributed by atoms with Crippen molar-refractivity contribution < 1.29 is 9.13 Å². The molecule has 0 radical (unpaired) electrons. The molecule has 4 heteroatoms. The average Bonchev–Trinajstić information content (AvgIpc) is 2.46. The summed E-state index contributed by atoms with van der Waals surface area (Å²) < 4.78 is 18.2. The number of benzene rings is 2. The van der Waals surface area contributed by atoms with Gasteiger partial charge in [-0.15, -0.1) is 0 Å². The highest BCUT2D eigenvalue weighted by atomic mass is 35.5. The van der Waals surface area contributed by atoms with Gasteiger partial charge >= 0.3 is 0 Å². The van der Waals surface area contributed by atoms with Gasteiger partial charge in [0.15, 0.2) is 0 Å². The number of ether oxygens (including phenoxy) is 1. The number of hydrogen-bond acceptors (Lipinski definition) is 2. The van der Waals surface area contributed by atoms with Crippen LogP contribution in [0.3, 0.4) is 0 Å². The van der Waals surface area contributed by atoms with E-state index in [4.69, 9.17) is 16.3 Å². The maximum absolute atomic E-state index is 12.9. The summed E-state index contributed by atoms with van der Waals surface area (Å²) in [5.41, 5.74) is 2.06. The van der Waals surface area contributed by atoms with Crippen LogP contribution in [0.4, 0.5) is 4.39 Å². The molecule has 0 aliphatic carbocycles. The van der Waals surface area contributed by atoms with Gasteiger partial charge in [-0.25, -0.2) is 4.39 Å². The quantitative estimate of drug-likeness (QED) is 0.818. The first-order chi connectivity index (χ1) is 9.70. The van der Waals surface area contributed by atoms with Gasteiger partial charge in [0.25, 0.3) is 0 Å². The van der Waals surface area contributed by atoms with E-state index in [1.54, 1.807) is 13.2 Å². The Hall–Kier alpha value is -1.58. The Morgan fingerprint density at radius 3 is 2.70 bits per heavy atom. The van der Waals surface area contributed by atoms with Crippen LogP contribution in [0.5, 0.6) is 5.75 Å². The molecule has 0 amide bonds. The predicted octanol–water partition coefficient (Wildman–Crippen LogP) is 3.82. The minimum absolute atomic E-state index is 0.312. The molecule has 0 aliphatic heterocycles. The summed E-state index contributed by atoms with van der Waals surface area (Å²) in [7, 11) is 1.67. The van der Waals surface area contributed by atoms with E-state index in [0.717, 1.165) is 29.8 Å². The summed E-state index contributed by atoms with van der Waals surface area (Å²) in [4.78, 5) is 0. The molecule has 2 rings (SSSR count). The smallest absolute Gasteiger partial charge is 0.124 e. The van der Waals surface area contributed by atoms with Crippen molar-refractivity contribution in [2.24, 2.45) is 0 Å². The lowest BCUT2D eigenvalue weighted by Crippen LogP contribution is -2.17. The summed E-state index contributed by atoms with van der Waals surface area (Å²) >= 11 is 5.97. The number of methoxy groups -OCH3 is 1. The third kappa shape index (κ3) is 3.95. The Morgan fingerprint density at radius 1 is 1.15 bits per heavy atom. The van der Waals surface area contributed by atoms with Crippen molar-refractivity contribution in [2.45, 2.75) is 13.0 Å². The van der Waals surface area contributed by atoms with E-state index in [0.29, 0.717) is 11.6 Å². The molecule has 0 saturated carbocycles. The molecule has 0 saturated heterocycles. The van der Waals surface area contributed by atoms with Crippen molar-refractivity contribution in [3.05, 3.63) is 64.4 Å². The van der Waals surface area contributed by atoms with Crippen molar-refractivity contribution >= 4 is 11.6 Å². The molecule has 1 N–H and O–H groups in total. The largest absolute Gasteiger partial charge is 0.496 e. The fourth-order valence-electron chi connectivity index (χ4n) is 2.02. The molecule has 0 spiro atoms. The Kier molecular flexibility index (Phi) is 5.39. The Labute approximate surface area is 123 Å². The van der Waals surface area contributed by atoms with E-state index in [2.05, 4.69) is 5.32 Å². The monoisotopic (exact) mass is 293 g/mol. The highest BCUT2D eigenvalue weighted by Gasteiger charge is 2.03. The summed E-state index contributed by atoms with van der Waals surface area (Å²) in [5, 5.41) is 3.75. The van der Waals surface area contributed by atoms with Gasteiger partial charge < -0.3 is 10.1 Å². The molecule has 20 heavy (non-hydrogen) atoms. The molecular formula is C16H17ClFNO. The molecule has 0 atom stereocenters. The van der Waals surface area contributed by atoms with E-state index >= 15 is 0 Å². The summed E-state index contributed by atoms with van der Waals surface area (Å²) in [6.07, 6.45) is 0.864. The molecule has 0 heterocycles. The van der Waals surface area contributed by atoms with E-state index in [1.807, 2.05) is 24.3 Å². The van der Waals surface area contributed by atoms with Crippen LogP contribution in [0.25, 0.3) is 0 Å². The first-order valence-corrected chi connectivity index (χ1v) is 6.85. The third-order valence-electron chi connectivity index (χ3n) is 3.09. The second-order valence-corrected chi connectivity index (χ2v) is 4.88. The number of para-hydroxylation sites is 1. The summed E-state index contributed by atoms with van der Waals surface area (Å²) in [6.45, 7) is 1.42. The standard InChI is InChI=1S/C16H17ClFNO/c1-20-16-5-3-2-4-12(16)8-9-19-11-13-6-7-14(18)10-15(13)17/h2-7,10,19H,8-9,11H2,1H3. The zero-order chi connectivity index (χ0) is 14.4. The summed E-state index contributed by atoms with van der Waals surface area (Å²) in [6, 6.07) is 12.4. The van der Waals surface area contributed by atoms with Crippen molar-refractivity contribution in [1.82, 2.24) is 5.32 Å². The van der Waals surface area contributed by atoms with E-state index in [-0.39, 0.29) is 5.82 Å². The van der Waals surface area contributed by atoms with E-state index in [9.17, 15) is 4.39 Å².